The van der Waals surface area contributed by atoms with Crippen LogP contribution in [0, 0.1) is 0 Å². The van der Waals surface area contributed by atoms with Crippen molar-refractivity contribution in [3.8, 4) is 0 Å². The molecule has 0 aliphatic carbocycles. The summed E-state index contributed by atoms with van der Waals surface area (Å²) in [6, 6.07) is 0. The molecule has 0 atom stereocenters. The van der Waals surface area contributed by atoms with Gasteiger partial charge in [-0.15, -0.1) is 0 Å². The number of amides is 1. The van der Waals surface area contributed by atoms with E-state index in [0.717, 1.165) is 13.1 Å². The van der Waals surface area contributed by atoms with Gasteiger partial charge in [0.05, 0.1) is 6.67 Å². The van der Waals surface area contributed by atoms with Crippen molar-refractivity contribution >= 4 is 5.91 Å². The topological polar surface area (TPSA) is 44.4 Å². The highest BCUT2D eigenvalue weighted by molar-refractivity contribution is 5.81. The summed E-state index contributed by atoms with van der Waals surface area (Å²) in [6.07, 6.45) is -4.78. The van der Waals surface area contributed by atoms with E-state index in [1.807, 2.05) is 5.32 Å². The van der Waals surface area contributed by atoms with Crippen LogP contribution in [0.15, 0.2) is 0 Å². The van der Waals surface area contributed by atoms with E-state index in [4.69, 9.17) is 0 Å². The van der Waals surface area contributed by atoms with E-state index >= 15 is 0 Å². The first-order valence-electron chi connectivity index (χ1n) is 4.28. The van der Waals surface area contributed by atoms with Crippen LogP contribution in [0.5, 0.6) is 0 Å². The zero-order valence-electron chi connectivity index (χ0n) is 7.52. The smallest absolute Gasteiger partial charge is 0.335 e. The van der Waals surface area contributed by atoms with Crippen molar-refractivity contribution in [2.24, 2.45) is 0 Å². The highest BCUT2D eigenvalue weighted by Gasteiger charge is 2.38. The zero-order chi connectivity index (χ0) is 10.6. The summed E-state index contributed by atoms with van der Waals surface area (Å²) < 4.78 is 35.3. The molecule has 0 unspecified atom stereocenters. The van der Waals surface area contributed by atoms with Gasteiger partial charge < -0.3 is 10.6 Å². The Kier molecular flexibility index (Phi) is 3.70. The molecule has 1 aliphatic rings. The molecular formula is C7H12F3N3O. The van der Waals surface area contributed by atoms with Crippen LogP contribution in [0.25, 0.3) is 0 Å². The number of nitrogens with one attached hydrogen (secondary N) is 2. The molecule has 4 nitrogen and oxygen atoms in total. The number of piperazine rings is 1. The van der Waals surface area contributed by atoms with Gasteiger partial charge in [0.1, 0.15) is 0 Å². The van der Waals surface area contributed by atoms with E-state index in [1.165, 1.54) is 0 Å². The molecule has 1 saturated heterocycles. The molecule has 1 rings (SSSR count). The van der Waals surface area contributed by atoms with Gasteiger partial charge in [0.15, 0.2) is 0 Å². The van der Waals surface area contributed by atoms with Crippen molar-refractivity contribution in [1.29, 1.82) is 0 Å². The maximum Gasteiger partial charge on any atom is 0.471 e. The Bertz CT molecular complexity index is 201. The summed E-state index contributed by atoms with van der Waals surface area (Å²) in [7, 11) is 0. The minimum absolute atomic E-state index is 0.0416. The largest absolute Gasteiger partial charge is 0.471 e. The molecule has 14 heavy (non-hydrogen) atoms. The van der Waals surface area contributed by atoms with Crippen LogP contribution in [0.3, 0.4) is 0 Å². The monoisotopic (exact) mass is 211 g/mol. The predicted molar refractivity (Wildman–Crippen MR) is 43.5 cm³/mol. The average Bonchev–Trinajstić information content (AvgIpc) is 2.14. The number of halogens is 3. The number of carbonyl (C=O) groups is 1. The van der Waals surface area contributed by atoms with Crippen molar-refractivity contribution in [3.63, 3.8) is 0 Å². The molecule has 1 heterocycles. The summed E-state index contributed by atoms with van der Waals surface area (Å²) in [5.74, 6) is -1.88. The molecular weight excluding hydrogens is 199 g/mol. The van der Waals surface area contributed by atoms with E-state index in [1.54, 1.807) is 4.90 Å². The Morgan fingerprint density at radius 2 is 1.93 bits per heavy atom. The Morgan fingerprint density at radius 3 is 2.43 bits per heavy atom. The van der Waals surface area contributed by atoms with Crippen LogP contribution in [-0.4, -0.2) is 49.8 Å². The summed E-state index contributed by atoms with van der Waals surface area (Å²) in [6.45, 7) is 2.74. The molecule has 0 aromatic rings. The van der Waals surface area contributed by atoms with Gasteiger partial charge in [-0.2, -0.15) is 13.2 Å². The molecule has 0 saturated carbocycles. The summed E-state index contributed by atoms with van der Waals surface area (Å²) in [5, 5.41) is 4.88. The molecule has 1 aliphatic heterocycles. The fraction of sp³-hybridized carbons (Fsp3) is 0.857. The van der Waals surface area contributed by atoms with E-state index in [-0.39, 0.29) is 6.67 Å². The normalized spacial score (nSPS) is 19.4. The quantitative estimate of drug-likeness (QED) is 0.649. The highest BCUT2D eigenvalue weighted by Crippen LogP contribution is 2.13. The molecule has 1 fully saturated rings. The Morgan fingerprint density at radius 1 is 1.36 bits per heavy atom. The molecule has 0 radical (unpaired) electrons. The first-order valence-corrected chi connectivity index (χ1v) is 4.28. The molecule has 2 N–H and O–H groups in total. The molecule has 0 aromatic heterocycles. The first-order chi connectivity index (χ1) is 6.50. The standard InChI is InChI=1S/C7H12F3N3O/c8-7(9,10)6(14)12-5-13-3-1-11-2-4-13/h11H,1-5H2,(H,12,14). The molecule has 1 amide bonds. The van der Waals surface area contributed by atoms with Gasteiger partial charge in [-0.3, -0.25) is 9.69 Å². The van der Waals surface area contributed by atoms with E-state index in [9.17, 15) is 18.0 Å². The summed E-state index contributed by atoms with van der Waals surface area (Å²) in [4.78, 5) is 12.2. The third-order valence-electron chi connectivity index (χ3n) is 1.93. The first kappa shape index (κ1) is 11.3. The lowest BCUT2D eigenvalue weighted by molar-refractivity contribution is -0.174. The van der Waals surface area contributed by atoms with Crippen LogP contribution in [0.1, 0.15) is 0 Å². The van der Waals surface area contributed by atoms with Crippen LogP contribution < -0.4 is 10.6 Å². The number of carbonyl (C=O) groups excluding carboxylic acids is 1. The SMILES string of the molecule is O=C(NCN1CCNCC1)C(F)(F)F. The fourth-order valence-corrected chi connectivity index (χ4v) is 1.15. The lowest BCUT2D eigenvalue weighted by Crippen LogP contribution is -2.50. The third kappa shape index (κ3) is 3.51. The summed E-state index contributed by atoms with van der Waals surface area (Å²) >= 11 is 0. The van der Waals surface area contributed by atoms with Crippen LogP contribution >= 0.6 is 0 Å². The number of alkyl halides is 3. The van der Waals surface area contributed by atoms with E-state index < -0.39 is 12.1 Å². The van der Waals surface area contributed by atoms with Crippen LogP contribution in [-0.2, 0) is 4.79 Å². The van der Waals surface area contributed by atoms with Gasteiger partial charge in [-0.1, -0.05) is 0 Å². The second-order valence-corrected chi connectivity index (χ2v) is 3.03. The van der Waals surface area contributed by atoms with Gasteiger partial charge in [0, 0.05) is 26.2 Å². The lowest BCUT2D eigenvalue weighted by Gasteiger charge is -2.27. The van der Waals surface area contributed by atoms with Crippen LogP contribution in [0.2, 0.25) is 0 Å². The molecule has 0 aromatic carbocycles. The Balaban J connectivity index is 2.22. The highest BCUT2D eigenvalue weighted by atomic mass is 19.4. The van der Waals surface area contributed by atoms with Crippen molar-refractivity contribution < 1.29 is 18.0 Å². The summed E-state index contributed by atoms with van der Waals surface area (Å²) in [5.41, 5.74) is 0. The maximum absolute atomic E-state index is 11.8. The minimum Gasteiger partial charge on any atom is -0.335 e. The van der Waals surface area contributed by atoms with Crippen molar-refractivity contribution in [3.05, 3.63) is 0 Å². The van der Waals surface area contributed by atoms with Crippen molar-refractivity contribution in [2.45, 2.75) is 6.18 Å². The van der Waals surface area contributed by atoms with Crippen LogP contribution in [0.4, 0.5) is 13.2 Å². The fourth-order valence-electron chi connectivity index (χ4n) is 1.15. The second kappa shape index (κ2) is 4.61. The maximum atomic E-state index is 11.8. The number of rotatable bonds is 2. The van der Waals surface area contributed by atoms with E-state index in [0.29, 0.717) is 13.1 Å². The number of hydrogen-bond acceptors (Lipinski definition) is 3. The molecule has 82 valence electrons. The third-order valence-corrected chi connectivity index (χ3v) is 1.93. The number of nitrogens with zero attached hydrogens (tertiary/aromatic N) is 1. The molecule has 0 bridgehead atoms. The van der Waals surface area contributed by atoms with E-state index in [2.05, 4.69) is 5.32 Å². The Hall–Kier alpha value is -0.820. The van der Waals surface area contributed by atoms with Gasteiger partial charge in [0.2, 0.25) is 0 Å². The van der Waals surface area contributed by atoms with Gasteiger partial charge >= 0.3 is 12.1 Å². The van der Waals surface area contributed by atoms with Gasteiger partial charge in [-0.25, -0.2) is 0 Å². The molecule has 0 spiro atoms. The zero-order valence-corrected chi connectivity index (χ0v) is 7.52. The van der Waals surface area contributed by atoms with Gasteiger partial charge in [-0.05, 0) is 0 Å². The minimum atomic E-state index is -4.78. The number of hydrogen-bond donors (Lipinski definition) is 2. The average molecular weight is 211 g/mol. The predicted octanol–water partition coefficient (Wildman–Crippen LogP) is -0.472. The second-order valence-electron chi connectivity index (χ2n) is 3.03. The lowest BCUT2D eigenvalue weighted by atomic mass is 10.4. The molecule has 7 heteroatoms. The Labute approximate surface area is 79.4 Å². The van der Waals surface area contributed by atoms with Crippen molar-refractivity contribution in [2.75, 3.05) is 32.8 Å². The van der Waals surface area contributed by atoms with Crippen molar-refractivity contribution in [1.82, 2.24) is 15.5 Å². The van der Waals surface area contributed by atoms with Gasteiger partial charge in [0.25, 0.3) is 0 Å².